The summed E-state index contributed by atoms with van der Waals surface area (Å²) in [5, 5.41) is 3.87. The minimum absolute atomic E-state index is 0.0583. The van der Waals surface area contributed by atoms with Gasteiger partial charge >= 0.3 is 0 Å². The van der Waals surface area contributed by atoms with Crippen LogP contribution in [0.5, 0.6) is 0 Å². The van der Waals surface area contributed by atoms with Gasteiger partial charge in [-0.1, -0.05) is 53.5 Å². The van der Waals surface area contributed by atoms with Crippen molar-refractivity contribution in [2.75, 3.05) is 18.4 Å². The van der Waals surface area contributed by atoms with Gasteiger partial charge < -0.3 is 5.32 Å². The Balaban J connectivity index is 1.65. The van der Waals surface area contributed by atoms with Gasteiger partial charge in [0.15, 0.2) is 0 Å². The average Bonchev–Trinajstić information content (AvgIpc) is 2.99. The van der Waals surface area contributed by atoms with E-state index < -0.39 is 0 Å². The SMILES string of the molecule is O=C(CN1CCC[C@H]1c1ccccc1)Nc1ccc(Cl)cc1Cl. The monoisotopic (exact) mass is 348 g/mol. The summed E-state index contributed by atoms with van der Waals surface area (Å²) >= 11 is 12.0. The first-order valence-electron chi connectivity index (χ1n) is 7.67. The fraction of sp³-hybridized carbons (Fsp3) is 0.278. The molecule has 0 saturated carbocycles. The van der Waals surface area contributed by atoms with E-state index in [4.69, 9.17) is 23.2 Å². The third kappa shape index (κ3) is 4.05. The van der Waals surface area contributed by atoms with Crippen molar-refractivity contribution in [1.29, 1.82) is 0 Å². The first-order valence-corrected chi connectivity index (χ1v) is 8.43. The second-order valence-electron chi connectivity index (χ2n) is 5.71. The van der Waals surface area contributed by atoms with Gasteiger partial charge in [0.05, 0.1) is 17.3 Å². The highest BCUT2D eigenvalue weighted by Gasteiger charge is 2.27. The number of likely N-dealkylation sites (tertiary alicyclic amines) is 1. The Kier molecular flexibility index (Phi) is 5.21. The van der Waals surface area contributed by atoms with Gasteiger partial charge in [0.1, 0.15) is 0 Å². The van der Waals surface area contributed by atoms with Crippen molar-refractivity contribution in [3.63, 3.8) is 0 Å². The molecule has 2 aromatic carbocycles. The van der Waals surface area contributed by atoms with Gasteiger partial charge in [-0.3, -0.25) is 9.69 Å². The molecule has 0 bridgehead atoms. The molecule has 23 heavy (non-hydrogen) atoms. The predicted octanol–water partition coefficient (Wildman–Crippen LogP) is 4.77. The Hall–Kier alpha value is -1.55. The lowest BCUT2D eigenvalue weighted by Gasteiger charge is -2.24. The molecule has 3 nitrogen and oxygen atoms in total. The molecule has 0 unspecified atom stereocenters. The second kappa shape index (κ2) is 7.35. The number of anilines is 1. The van der Waals surface area contributed by atoms with Crippen LogP contribution in [0.1, 0.15) is 24.4 Å². The van der Waals surface area contributed by atoms with Crippen LogP contribution >= 0.6 is 23.2 Å². The summed E-state index contributed by atoms with van der Waals surface area (Å²) in [5.74, 6) is -0.0583. The molecule has 1 saturated heterocycles. The van der Waals surface area contributed by atoms with Gasteiger partial charge in [0.25, 0.3) is 0 Å². The summed E-state index contributed by atoms with van der Waals surface area (Å²) in [7, 11) is 0. The van der Waals surface area contributed by atoms with Crippen LogP contribution in [0.3, 0.4) is 0 Å². The highest BCUT2D eigenvalue weighted by atomic mass is 35.5. The van der Waals surface area contributed by atoms with E-state index in [1.807, 2.05) is 18.2 Å². The maximum Gasteiger partial charge on any atom is 0.238 e. The second-order valence-corrected chi connectivity index (χ2v) is 6.56. The lowest BCUT2D eigenvalue weighted by Crippen LogP contribution is -2.33. The number of amides is 1. The number of halogens is 2. The quantitative estimate of drug-likeness (QED) is 0.862. The Morgan fingerprint density at radius 3 is 2.70 bits per heavy atom. The van der Waals surface area contributed by atoms with Crippen LogP contribution in [0.25, 0.3) is 0 Å². The first kappa shape index (κ1) is 16.3. The third-order valence-corrected chi connectivity index (χ3v) is 4.65. The fourth-order valence-electron chi connectivity index (χ4n) is 3.03. The smallest absolute Gasteiger partial charge is 0.238 e. The van der Waals surface area contributed by atoms with E-state index in [1.165, 1.54) is 5.56 Å². The van der Waals surface area contributed by atoms with Crippen molar-refractivity contribution >= 4 is 34.8 Å². The van der Waals surface area contributed by atoms with Crippen LogP contribution in [-0.2, 0) is 4.79 Å². The summed E-state index contributed by atoms with van der Waals surface area (Å²) in [5.41, 5.74) is 1.86. The standard InChI is InChI=1S/C18H18Cl2N2O/c19-14-8-9-16(15(20)11-14)21-18(23)12-22-10-4-7-17(22)13-5-2-1-3-6-13/h1-3,5-6,8-9,11,17H,4,7,10,12H2,(H,21,23)/t17-/m0/s1. The zero-order chi connectivity index (χ0) is 16.2. The molecule has 0 aliphatic carbocycles. The molecular formula is C18H18Cl2N2O. The number of rotatable bonds is 4. The highest BCUT2D eigenvalue weighted by molar-refractivity contribution is 6.36. The largest absolute Gasteiger partial charge is 0.324 e. The van der Waals surface area contributed by atoms with Crippen LogP contribution in [0.4, 0.5) is 5.69 Å². The summed E-state index contributed by atoms with van der Waals surface area (Å²) in [4.78, 5) is 14.6. The normalized spacial score (nSPS) is 18.1. The Morgan fingerprint density at radius 2 is 1.96 bits per heavy atom. The summed E-state index contributed by atoms with van der Waals surface area (Å²) in [6.45, 7) is 1.29. The molecule has 1 aliphatic heterocycles. The molecule has 1 amide bonds. The lowest BCUT2D eigenvalue weighted by molar-refractivity contribution is -0.117. The van der Waals surface area contributed by atoms with E-state index in [0.717, 1.165) is 19.4 Å². The fourth-order valence-corrected chi connectivity index (χ4v) is 3.49. The van der Waals surface area contributed by atoms with Crippen molar-refractivity contribution in [3.8, 4) is 0 Å². The minimum Gasteiger partial charge on any atom is -0.324 e. The van der Waals surface area contributed by atoms with E-state index >= 15 is 0 Å². The van der Waals surface area contributed by atoms with Gasteiger partial charge in [0, 0.05) is 11.1 Å². The summed E-state index contributed by atoms with van der Waals surface area (Å²) in [6, 6.07) is 15.7. The number of carbonyl (C=O) groups excluding carboxylic acids is 1. The molecule has 0 spiro atoms. The number of nitrogens with one attached hydrogen (secondary N) is 1. The zero-order valence-corrected chi connectivity index (χ0v) is 14.1. The van der Waals surface area contributed by atoms with E-state index in [0.29, 0.717) is 28.3 Å². The third-order valence-electron chi connectivity index (χ3n) is 4.10. The molecular weight excluding hydrogens is 331 g/mol. The maximum absolute atomic E-state index is 12.3. The molecule has 0 aromatic heterocycles. The van der Waals surface area contributed by atoms with Crippen molar-refractivity contribution in [3.05, 3.63) is 64.1 Å². The molecule has 1 atom stereocenters. The van der Waals surface area contributed by atoms with Crippen molar-refractivity contribution in [2.24, 2.45) is 0 Å². The van der Waals surface area contributed by atoms with E-state index in [2.05, 4.69) is 22.3 Å². The highest BCUT2D eigenvalue weighted by Crippen LogP contribution is 2.31. The number of carbonyl (C=O) groups is 1. The number of hydrogen-bond acceptors (Lipinski definition) is 2. The van der Waals surface area contributed by atoms with Crippen LogP contribution in [0.2, 0.25) is 10.0 Å². The number of hydrogen-bond donors (Lipinski definition) is 1. The van der Waals surface area contributed by atoms with Crippen molar-refractivity contribution in [1.82, 2.24) is 4.90 Å². The molecule has 3 rings (SSSR count). The van der Waals surface area contributed by atoms with Crippen LogP contribution in [0.15, 0.2) is 48.5 Å². The molecule has 5 heteroatoms. The molecule has 0 radical (unpaired) electrons. The van der Waals surface area contributed by atoms with Crippen LogP contribution in [-0.4, -0.2) is 23.9 Å². The van der Waals surface area contributed by atoms with Crippen LogP contribution < -0.4 is 5.32 Å². The van der Waals surface area contributed by atoms with Gasteiger partial charge in [-0.05, 0) is 43.1 Å². The molecule has 1 N–H and O–H groups in total. The van der Waals surface area contributed by atoms with Crippen molar-refractivity contribution < 1.29 is 4.79 Å². The summed E-state index contributed by atoms with van der Waals surface area (Å²) < 4.78 is 0. The topological polar surface area (TPSA) is 32.3 Å². The first-order chi connectivity index (χ1) is 11.1. The van der Waals surface area contributed by atoms with Crippen LogP contribution in [0, 0.1) is 0 Å². The van der Waals surface area contributed by atoms with E-state index in [9.17, 15) is 4.79 Å². The molecule has 120 valence electrons. The molecule has 2 aromatic rings. The molecule has 1 heterocycles. The van der Waals surface area contributed by atoms with Crippen molar-refractivity contribution in [2.45, 2.75) is 18.9 Å². The van der Waals surface area contributed by atoms with Gasteiger partial charge in [0.2, 0.25) is 5.91 Å². The van der Waals surface area contributed by atoms with E-state index in [1.54, 1.807) is 18.2 Å². The molecule has 1 aliphatic rings. The van der Waals surface area contributed by atoms with E-state index in [-0.39, 0.29) is 5.91 Å². The number of benzene rings is 2. The minimum atomic E-state index is -0.0583. The van der Waals surface area contributed by atoms with Gasteiger partial charge in [-0.25, -0.2) is 0 Å². The lowest BCUT2D eigenvalue weighted by atomic mass is 10.0. The Labute approximate surface area is 146 Å². The molecule has 1 fully saturated rings. The Bertz CT molecular complexity index is 691. The predicted molar refractivity (Wildman–Crippen MR) is 95.1 cm³/mol. The maximum atomic E-state index is 12.3. The van der Waals surface area contributed by atoms with Gasteiger partial charge in [-0.15, -0.1) is 0 Å². The van der Waals surface area contributed by atoms with Gasteiger partial charge in [-0.2, -0.15) is 0 Å². The summed E-state index contributed by atoms with van der Waals surface area (Å²) in [6.07, 6.45) is 2.19. The zero-order valence-electron chi connectivity index (χ0n) is 12.6. The average molecular weight is 349 g/mol. The number of nitrogens with zero attached hydrogens (tertiary/aromatic N) is 1. The Morgan fingerprint density at radius 1 is 1.17 bits per heavy atom.